The summed E-state index contributed by atoms with van der Waals surface area (Å²) >= 11 is 0. The molecule has 0 aliphatic carbocycles. The molecule has 0 heteroatoms. The third-order valence-corrected chi connectivity index (χ3v) is 10.7. The molecule has 0 aliphatic rings. The maximum Gasteiger partial charge on any atom is 0.0342 e. The molecule has 0 fully saturated rings. The SMILES string of the molecule is Cc1ccc(C(c2ccc(/C=C(/c3ccccc3)c3ccc(C)c(C)c3)cc2)c2ccc(/C=C(/c3ccccc3)c3ccc(C)c(C)c3)cc2)c(C)c1. The van der Waals surface area contributed by atoms with Crippen LogP contribution in [-0.2, 0) is 0 Å². The minimum atomic E-state index is 0.105. The van der Waals surface area contributed by atoms with E-state index in [9.17, 15) is 0 Å². The molecule has 0 atom stereocenters. The second-order valence-electron chi connectivity index (χ2n) is 14.6. The molecule has 0 aliphatic heterocycles. The molecule has 0 spiro atoms. The Morgan fingerprint density at radius 1 is 0.358 bits per heavy atom. The van der Waals surface area contributed by atoms with Crippen molar-refractivity contribution >= 4 is 23.3 Å². The summed E-state index contributed by atoms with van der Waals surface area (Å²) in [5, 5.41) is 0. The van der Waals surface area contributed by atoms with Crippen molar-refractivity contribution in [2.75, 3.05) is 0 Å². The molecule has 0 saturated carbocycles. The van der Waals surface area contributed by atoms with Crippen molar-refractivity contribution in [2.24, 2.45) is 0 Å². The van der Waals surface area contributed by atoms with Gasteiger partial charge in [0.15, 0.2) is 0 Å². The second-order valence-corrected chi connectivity index (χ2v) is 14.6. The van der Waals surface area contributed by atoms with Gasteiger partial charge in [0.25, 0.3) is 0 Å². The molecule has 0 heterocycles. The molecular weight excluding hydrogens is 637 g/mol. The van der Waals surface area contributed by atoms with E-state index in [1.807, 2.05) is 0 Å². The Bertz CT molecular complexity index is 2260. The molecule has 0 radical (unpaired) electrons. The standard InChI is InChI=1S/C53H48/c1-36-17-30-50(41(6)31-36)53(46-26-20-42(21-27-46)34-51(44-13-9-7-10-14-44)48-24-18-37(2)39(4)32-48)47-28-22-43(23-29-47)35-52(45-15-11-8-12-16-45)49-25-19-38(3)40(5)33-49/h7-35,53H,1-6H3/b51-34-,52-35-. The second kappa shape index (κ2) is 15.7. The molecule has 0 N–H and O–H groups in total. The predicted octanol–water partition coefficient (Wildman–Crippen LogP) is 13.9. The van der Waals surface area contributed by atoms with Crippen LogP contribution in [0.2, 0.25) is 0 Å². The van der Waals surface area contributed by atoms with Gasteiger partial charge < -0.3 is 0 Å². The van der Waals surface area contributed by atoms with Gasteiger partial charge in [0.05, 0.1) is 0 Å². The lowest BCUT2D eigenvalue weighted by Crippen LogP contribution is -2.06. The first-order valence-corrected chi connectivity index (χ1v) is 18.7. The first kappa shape index (κ1) is 35.4. The van der Waals surface area contributed by atoms with E-state index in [-0.39, 0.29) is 5.92 Å². The number of rotatable bonds is 9. The van der Waals surface area contributed by atoms with Gasteiger partial charge in [0, 0.05) is 5.92 Å². The van der Waals surface area contributed by atoms with E-state index in [1.54, 1.807) is 0 Å². The molecule has 0 aromatic heterocycles. The molecule has 7 aromatic rings. The predicted molar refractivity (Wildman–Crippen MR) is 228 cm³/mol. The Labute approximate surface area is 316 Å². The lowest BCUT2D eigenvalue weighted by atomic mass is 9.82. The number of hydrogen-bond acceptors (Lipinski definition) is 0. The fraction of sp³-hybridized carbons (Fsp3) is 0.132. The van der Waals surface area contributed by atoms with E-state index in [1.165, 1.54) is 94.6 Å². The van der Waals surface area contributed by atoms with Crippen LogP contribution < -0.4 is 0 Å². The average Bonchev–Trinajstić information content (AvgIpc) is 3.18. The van der Waals surface area contributed by atoms with E-state index in [0.717, 1.165) is 0 Å². The van der Waals surface area contributed by atoms with Crippen LogP contribution in [0.25, 0.3) is 23.3 Å². The fourth-order valence-corrected chi connectivity index (χ4v) is 7.32. The highest BCUT2D eigenvalue weighted by Gasteiger charge is 2.19. The molecule has 7 rings (SSSR count). The third kappa shape index (κ3) is 8.09. The number of benzene rings is 7. The number of aryl methyl sites for hydroxylation is 6. The van der Waals surface area contributed by atoms with Crippen molar-refractivity contribution in [3.05, 3.63) is 247 Å². The van der Waals surface area contributed by atoms with Crippen molar-refractivity contribution in [3.8, 4) is 0 Å². The molecular formula is C53H48. The van der Waals surface area contributed by atoms with E-state index < -0.39 is 0 Å². The maximum absolute atomic E-state index is 2.33. The normalized spacial score (nSPS) is 12.0. The quantitative estimate of drug-likeness (QED) is 0.105. The van der Waals surface area contributed by atoms with Crippen LogP contribution in [0.3, 0.4) is 0 Å². The van der Waals surface area contributed by atoms with Gasteiger partial charge in [-0.3, -0.25) is 0 Å². The highest BCUT2D eigenvalue weighted by atomic mass is 14.2. The highest BCUT2D eigenvalue weighted by molar-refractivity contribution is 5.92. The van der Waals surface area contributed by atoms with Gasteiger partial charge >= 0.3 is 0 Å². The lowest BCUT2D eigenvalue weighted by molar-refractivity contribution is 0.960. The summed E-state index contributed by atoms with van der Waals surface area (Å²) in [6.07, 6.45) is 4.66. The van der Waals surface area contributed by atoms with Crippen LogP contribution in [0.4, 0.5) is 0 Å². The van der Waals surface area contributed by atoms with Gasteiger partial charge in [-0.25, -0.2) is 0 Å². The van der Waals surface area contributed by atoms with E-state index >= 15 is 0 Å². The molecule has 0 bridgehead atoms. The van der Waals surface area contributed by atoms with Gasteiger partial charge in [0.2, 0.25) is 0 Å². The summed E-state index contributed by atoms with van der Waals surface area (Å²) in [6, 6.07) is 60.3. The maximum atomic E-state index is 2.33. The van der Waals surface area contributed by atoms with Crippen molar-refractivity contribution < 1.29 is 0 Å². The summed E-state index contributed by atoms with van der Waals surface area (Å²) in [4.78, 5) is 0. The van der Waals surface area contributed by atoms with Gasteiger partial charge in [-0.2, -0.15) is 0 Å². The van der Waals surface area contributed by atoms with Crippen LogP contribution in [0.15, 0.2) is 164 Å². The van der Waals surface area contributed by atoms with Crippen LogP contribution in [0, 0.1) is 41.5 Å². The Hall–Kier alpha value is -5.98. The first-order valence-electron chi connectivity index (χ1n) is 18.7. The van der Waals surface area contributed by atoms with Crippen LogP contribution >= 0.6 is 0 Å². The Morgan fingerprint density at radius 3 is 1.19 bits per heavy atom. The topological polar surface area (TPSA) is 0 Å². The highest BCUT2D eigenvalue weighted by Crippen LogP contribution is 2.36. The van der Waals surface area contributed by atoms with Gasteiger partial charge in [-0.05, 0) is 143 Å². The lowest BCUT2D eigenvalue weighted by Gasteiger charge is -2.22. The van der Waals surface area contributed by atoms with Crippen molar-refractivity contribution in [1.82, 2.24) is 0 Å². The Kier molecular flexibility index (Phi) is 10.5. The zero-order chi connectivity index (χ0) is 36.9. The summed E-state index contributed by atoms with van der Waals surface area (Å²) in [6.45, 7) is 13.2. The van der Waals surface area contributed by atoms with E-state index in [0.29, 0.717) is 0 Å². The minimum absolute atomic E-state index is 0.105. The van der Waals surface area contributed by atoms with Gasteiger partial charge in [-0.1, -0.05) is 169 Å². The largest absolute Gasteiger partial charge is 0.0622 e. The summed E-state index contributed by atoms with van der Waals surface area (Å²) in [7, 11) is 0. The Balaban J connectivity index is 1.28. The van der Waals surface area contributed by atoms with Crippen molar-refractivity contribution in [2.45, 2.75) is 47.5 Å². The van der Waals surface area contributed by atoms with Crippen molar-refractivity contribution in [1.29, 1.82) is 0 Å². The molecule has 53 heavy (non-hydrogen) atoms. The monoisotopic (exact) mass is 684 g/mol. The molecule has 260 valence electrons. The average molecular weight is 685 g/mol. The molecule has 0 nitrogen and oxygen atoms in total. The van der Waals surface area contributed by atoms with Gasteiger partial charge in [0.1, 0.15) is 0 Å². The van der Waals surface area contributed by atoms with E-state index in [4.69, 9.17) is 0 Å². The van der Waals surface area contributed by atoms with Crippen LogP contribution in [0.1, 0.15) is 89.4 Å². The van der Waals surface area contributed by atoms with Gasteiger partial charge in [-0.15, -0.1) is 0 Å². The molecule has 0 unspecified atom stereocenters. The van der Waals surface area contributed by atoms with Crippen molar-refractivity contribution in [3.63, 3.8) is 0 Å². The third-order valence-electron chi connectivity index (χ3n) is 10.7. The molecule has 0 saturated heterocycles. The van der Waals surface area contributed by atoms with E-state index in [2.05, 4.69) is 217 Å². The zero-order valence-corrected chi connectivity index (χ0v) is 31.8. The van der Waals surface area contributed by atoms with Crippen LogP contribution in [-0.4, -0.2) is 0 Å². The van der Waals surface area contributed by atoms with Crippen LogP contribution in [0.5, 0.6) is 0 Å². The zero-order valence-electron chi connectivity index (χ0n) is 31.8. The molecule has 0 amide bonds. The summed E-state index contributed by atoms with van der Waals surface area (Å²) in [5.74, 6) is 0.105. The Morgan fingerprint density at radius 2 is 0.792 bits per heavy atom. The summed E-state index contributed by atoms with van der Waals surface area (Å²) < 4.78 is 0. The minimum Gasteiger partial charge on any atom is -0.0622 e. The fourth-order valence-electron chi connectivity index (χ4n) is 7.32. The molecule has 7 aromatic carbocycles. The smallest absolute Gasteiger partial charge is 0.0342 e. The number of hydrogen-bond donors (Lipinski definition) is 0. The first-order chi connectivity index (χ1) is 25.7. The summed E-state index contributed by atoms with van der Waals surface area (Å²) in [5.41, 5.74) is 21.5.